The van der Waals surface area contributed by atoms with E-state index in [1.807, 2.05) is 0 Å². The van der Waals surface area contributed by atoms with Crippen molar-refractivity contribution >= 4 is 23.2 Å². The Morgan fingerprint density at radius 2 is 2.21 bits per heavy atom. The number of rotatable bonds is 4. The molecule has 0 bridgehead atoms. The molecule has 14 heavy (non-hydrogen) atoms. The minimum Gasteiger partial charge on any atom is -0.314 e. The third kappa shape index (κ3) is 3.45. The van der Waals surface area contributed by atoms with Crippen molar-refractivity contribution in [2.45, 2.75) is 26.3 Å². The van der Waals surface area contributed by atoms with Crippen LogP contribution in [0.5, 0.6) is 0 Å². The van der Waals surface area contributed by atoms with Gasteiger partial charge in [-0.25, -0.2) is 0 Å². The lowest BCUT2D eigenvalue weighted by molar-refractivity contribution is 0.559. The van der Waals surface area contributed by atoms with E-state index >= 15 is 0 Å². The van der Waals surface area contributed by atoms with Crippen molar-refractivity contribution in [3.63, 3.8) is 0 Å². The van der Waals surface area contributed by atoms with Gasteiger partial charge in [-0.3, -0.25) is 4.98 Å². The molecule has 1 heterocycles. The second-order valence-corrected chi connectivity index (χ2v) is 4.09. The molecule has 1 aromatic heterocycles. The van der Waals surface area contributed by atoms with Gasteiger partial charge in [0.05, 0.1) is 15.7 Å². The zero-order valence-electron chi connectivity index (χ0n) is 8.35. The summed E-state index contributed by atoms with van der Waals surface area (Å²) in [7, 11) is 0. The second kappa shape index (κ2) is 5.54. The Labute approximate surface area is 94.6 Å². The van der Waals surface area contributed by atoms with Crippen LogP contribution < -0.4 is 5.32 Å². The maximum atomic E-state index is 6.00. The molecule has 0 aliphatic heterocycles. The van der Waals surface area contributed by atoms with Gasteiger partial charge >= 0.3 is 0 Å². The molecule has 0 fully saturated rings. The Kier molecular flexibility index (Phi) is 4.66. The summed E-state index contributed by atoms with van der Waals surface area (Å²) in [5.74, 6) is 0. The van der Waals surface area contributed by atoms with Gasteiger partial charge in [0.25, 0.3) is 0 Å². The number of aromatic nitrogens is 1. The van der Waals surface area contributed by atoms with Crippen LogP contribution in [0.4, 0.5) is 0 Å². The Morgan fingerprint density at radius 3 is 2.79 bits per heavy atom. The van der Waals surface area contributed by atoms with Crippen LogP contribution in [-0.2, 0) is 6.42 Å². The van der Waals surface area contributed by atoms with Crippen LogP contribution in [0.25, 0.3) is 0 Å². The maximum Gasteiger partial charge on any atom is 0.0636 e. The van der Waals surface area contributed by atoms with E-state index in [0.29, 0.717) is 16.1 Å². The lowest BCUT2D eigenvalue weighted by Gasteiger charge is -2.12. The quantitative estimate of drug-likeness (QED) is 0.864. The fourth-order valence-corrected chi connectivity index (χ4v) is 1.76. The third-order valence-corrected chi connectivity index (χ3v) is 2.47. The summed E-state index contributed by atoms with van der Waals surface area (Å²) in [6.07, 6.45) is 2.45. The molecule has 0 radical (unpaired) electrons. The van der Waals surface area contributed by atoms with Crippen molar-refractivity contribution in [1.82, 2.24) is 10.3 Å². The highest BCUT2D eigenvalue weighted by atomic mass is 35.5. The number of nitrogens with zero attached hydrogens (tertiary/aromatic N) is 1. The average molecular weight is 233 g/mol. The first kappa shape index (κ1) is 11.8. The van der Waals surface area contributed by atoms with E-state index < -0.39 is 0 Å². The van der Waals surface area contributed by atoms with E-state index in [-0.39, 0.29) is 0 Å². The molecule has 0 aliphatic rings. The highest BCUT2D eigenvalue weighted by molar-refractivity contribution is 6.34. The summed E-state index contributed by atoms with van der Waals surface area (Å²) < 4.78 is 0. The van der Waals surface area contributed by atoms with Crippen molar-refractivity contribution in [1.29, 1.82) is 0 Å². The Hall–Kier alpha value is -0.310. The second-order valence-electron chi connectivity index (χ2n) is 3.24. The molecular weight excluding hydrogens is 219 g/mol. The molecule has 0 saturated carbocycles. The van der Waals surface area contributed by atoms with Crippen LogP contribution >= 0.6 is 23.2 Å². The van der Waals surface area contributed by atoms with Crippen LogP contribution in [0.2, 0.25) is 10.0 Å². The number of nitrogens with one attached hydrogen (secondary N) is 1. The van der Waals surface area contributed by atoms with Gasteiger partial charge in [0.15, 0.2) is 0 Å². The first-order chi connectivity index (χ1) is 6.63. The molecular formula is C10H14Cl2N2. The zero-order valence-corrected chi connectivity index (χ0v) is 9.86. The summed E-state index contributed by atoms with van der Waals surface area (Å²) in [5.41, 5.74) is 0.893. The minimum absolute atomic E-state index is 0.381. The molecule has 0 aromatic carbocycles. The molecule has 1 rings (SSSR count). The van der Waals surface area contributed by atoms with Crippen LogP contribution in [0.1, 0.15) is 19.5 Å². The summed E-state index contributed by atoms with van der Waals surface area (Å²) in [5, 5.41) is 4.52. The first-order valence-corrected chi connectivity index (χ1v) is 5.42. The summed E-state index contributed by atoms with van der Waals surface area (Å²) in [6.45, 7) is 5.13. The molecule has 78 valence electrons. The van der Waals surface area contributed by atoms with Crippen molar-refractivity contribution in [3.05, 3.63) is 28.0 Å². The highest BCUT2D eigenvalue weighted by Gasteiger charge is 2.07. The Bertz CT molecular complexity index is 302. The molecule has 0 spiro atoms. The van der Waals surface area contributed by atoms with Gasteiger partial charge in [-0.2, -0.15) is 0 Å². The van der Waals surface area contributed by atoms with E-state index in [1.54, 1.807) is 12.3 Å². The number of hydrogen-bond donors (Lipinski definition) is 1. The number of hydrogen-bond acceptors (Lipinski definition) is 2. The van der Waals surface area contributed by atoms with Crippen LogP contribution in [-0.4, -0.2) is 17.6 Å². The van der Waals surface area contributed by atoms with Gasteiger partial charge < -0.3 is 5.32 Å². The summed E-state index contributed by atoms with van der Waals surface area (Å²) in [6, 6.07) is 2.11. The molecule has 0 aliphatic carbocycles. The largest absolute Gasteiger partial charge is 0.314 e. The molecule has 0 saturated heterocycles. The minimum atomic E-state index is 0.381. The molecule has 1 aromatic rings. The van der Waals surface area contributed by atoms with Gasteiger partial charge in [-0.1, -0.05) is 30.1 Å². The van der Waals surface area contributed by atoms with Crippen LogP contribution in [0, 0.1) is 0 Å². The Balaban J connectivity index is 2.67. The van der Waals surface area contributed by atoms with Gasteiger partial charge in [-0.15, -0.1) is 0 Å². The number of likely N-dealkylation sites (N-methyl/N-ethyl adjacent to an activating group) is 1. The normalized spacial score (nSPS) is 12.9. The molecule has 2 nitrogen and oxygen atoms in total. The SMILES string of the molecule is CCNC(C)Cc1ncc(Cl)cc1Cl. The Morgan fingerprint density at radius 1 is 1.50 bits per heavy atom. The van der Waals surface area contributed by atoms with Crippen molar-refractivity contribution in [3.8, 4) is 0 Å². The van der Waals surface area contributed by atoms with Gasteiger partial charge in [0, 0.05) is 18.7 Å². The lowest BCUT2D eigenvalue weighted by Crippen LogP contribution is -2.28. The van der Waals surface area contributed by atoms with E-state index in [0.717, 1.165) is 18.7 Å². The van der Waals surface area contributed by atoms with Crippen molar-refractivity contribution in [2.24, 2.45) is 0 Å². The average Bonchev–Trinajstić information content (AvgIpc) is 2.10. The van der Waals surface area contributed by atoms with E-state index in [1.165, 1.54) is 0 Å². The molecule has 4 heteroatoms. The number of pyridine rings is 1. The number of halogens is 2. The van der Waals surface area contributed by atoms with Crippen molar-refractivity contribution in [2.75, 3.05) is 6.54 Å². The predicted molar refractivity (Wildman–Crippen MR) is 61.1 cm³/mol. The molecule has 1 unspecified atom stereocenters. The van der Waals surface area contributed by atoms with Crippen LogP contribution in [0.3, 0.4) is 0 Å². The molecule has 1 atom stereocenters. The topological polar surface area (TPSA) is 24.9 Å². The lowest BCUT2D eigenvalue weighted by atomic mass is 10.1. The molecule has 0 amide bonds. The van der Waals surface area contributed by atoms with Gasteiger partial charge in [0.2, 0.25) is 0 Å². The van der Waals surface area contributed by atoms with E-state index in [9.17, 15) is 0 Å². The zero-order chi connectivity index (χ0) is 10.6. The maximum absolute atomic E-state index is 6.00. The highest BCUT2D eigenvalue weighted by Crippen LogP contribution is 2.19. The standard InChI is InChI=1S/C10H14Cl2N2/c1-3-13-7(2)4-10-9(12)5-8(11)6-14-10/h5-7,13H,3-4H2,1-2H3. The summed E-state index contributed by atoms with van der Waals surface area (Å²) in [4.78, 5) is 4.20. The first-order valence-electron chi connectivity index (χ1n) is 4.66. The predicted octanol–water partition coefficient (Wildman–Crippen LogP) is 2.93. The monoisotopic (exact) mass is 232 g/mol. The van der Waals surface area contributed by atoms with Crippen LogP contribution in [0.15, 0.2) is 12.3 Å². The van der Waals surface area contributed by atoms with Gasteiger partial charge in [-0.05, 0) is 19.5 Å². The van der Waals surface area contributed by atoms with Gasteiger partial charge in [0.1, 0.15) is 0 Å². The fourth-order valence-electron chi connectivity index (χ4n) is 1.30. The fraction of sp³-hybridized carbons (Fsp3) is 0.500. The third-order valence-electron chi connectivity index (χ3n) is 1.94. The van der Waals surface area contributed by atoms with E-state index in [4.69, 9.17) is 23.2 Å². The van der Waals surface area contributed by atoms with E-state index in [2.05, 4.69) is 24.1 Å². The molecule has 1 N–H and O–H groups in total. The smallest absolute Gasteiger partial charge is 0.0636 e. The van der Waals surface area contributed by atoms with Crippen molar-refractivity contribution < 1.29 is 0 Å². The summed E-state index contributed by atoms with van der Waals surface area (Å²) >= 11 is 11.8.